The lowest BCUT2D eigenvalue weighted by atomic mass is 9.97. The van der Waals surface area contributed by atoms with Crippen molar-refractivity contribution in [3.8, 4) is 0 Å². The van der Waals surface area contributed by atoms with E-state index < -0.39 is 0 Å². The number of hydrogen-bond acceptors (Lipinski definition) is 2. The van der Waals surface area contributed by atoms with Crippen molar-refractivity contribution in [3.05, 3.63) is 59.0 Å². The third-order valence-corrected chi connectivity index (χ3v) is 3.64. The minimum absolute atomic E-state index is 0.338. The molecule has 2 heteroatoms. The summed E-state index contributed by atoms with van der Waals surface area (Å²) in [6.07, 6.45) is 4.91. The van der Waals surface area contributed by atoms with Crippen molar-refractivity contribution in [3.63, 3.8) is 0 Å². The maximum absolute atomic E-state index is 5.60. The van der Waals surface area contributed by atoms with Gasteiger partial charge in [-0.2, -0.15) is 0 Å². The molecule has 1 heterocycles. The molecule has 1 N–H and O–H groups in total. The molecule has 1 aromatic heterocycles. The quantitative estimate of drug-likeness (QED) is 0.805. The predicted molar refractivity (Wildman–Crippen MR) is 84.0 cm³/mol. The van der Waals surface area contributed by atoms with Crippen molar-refractivity contribution in [2.24, 2.45) is 0 Å². The Bertz CT molecular complexity index is 530. The van der Waals surface area contributed by atoms with Crippen LogP contribution >= 0.6 is 0 Å². The third kappa shape index (κ3) is 3.73. The van der Waals surface area contributed by atoms with Gasteiger partial charge in [0.1, 0.15) is 5.76 Å². The Hall–Kier alpha value is -1.54. The molecule has 1 atom stereocenters. The maximum atomic E-state index is 5.60. The second-order valence-corrected chi connectivity index (χ2v) is 5.35. The zero-order valence-corrected chi connectivity index (χ0v) is 12.8. The smallest absolute Gasteiger partial charge is 0.108 e. The summed E-state index contributed by atoms with van der Waals surface area (Å²) in [6, 6.07) is 11.2. The van der Waals surface area contributed by atoms with E-state index in [1.165, 1.54) is 16.7 Å². The van der Waals surface area contributed by atoms with E-state index in [0.717, 1.165) is 31.6 Å². The highest BCUT2D eigenvalue weighted by molar-refractivity contribution is 5.28. The molecular formula is C18H25NO. The maximum Gasteiger partial charge on any atom is 0.108 e. The second kappa shape index (κ2) is 7.30. The largest absolute Gasteiger partial charge is 0.469 e. The van der Waals surface area contributed by atoms with E-state index in [0.29, 0.717) is 6.04 Å². The van der Waals surface area contributed by atoms with Crippen LogP contribution in [0.5, 0.6) is 0 Å². The van der Waals surface area contributed by atoms with Gasteiger partial charge in [-0.05, 0) is 37.9 Å². The number of nitrogens with one attached hydrogen (secondary N) is 1. The first-order chi connectivity index (χ1) is 9.74. The highest BCUT2D eigenvalue weighted by atomic mass is 16.3. The number of furan rings is 1. The van der Waals surface area contributed by atoms with E-state index in [1.807, 2.05) is 6.26 Å². The van der Waals surface area contributed by atoms with Gasteiger partial charge in [-0.25, -0.2) is 0 Å². The van der Waals surface area contributed by atoms with Crippen LogP contribution in [0.25, 0.3) is 0 Å². The Morgan fingerprint density at radius 1 is 1.20 bits per heavy atom. The minimum Gasteiger partial charge on any atom is -0.469 e. The fraction of sp³-hybridized carbons (Fsp3) is 0.444. The average Bonchev–Trinajstić information content (AvgIpc) is 2.92. The summed E-state index contributed by atoms with van der Waals surface area (Å²) >= 11 is 0. The molecule has 2 aromatic rings. The Kier molecular flexibility index (Phi) is 5.42. The molecule has 2 nitrogen and oxygen atoms in total. The van der Waals surface area contributed by atoms with Crippen molar-refractivity contribution in [2.75, 3.05) is 6.54 Å². The van der Waals surface area contributed by atoms with Gasteiger partial charge in [0.05, 0.1) is 6.26 Å². The van der Waals surface area contributed by atoms with Crippen LogP contribution in [0.3, 0.4) is 0 Å². The lowest BCUT2D eigenvalue weighted by Gasteiger charge is -2.19. The Labute approximate surface area is 122 Å². The standard InChI is InChI=1S/C18H25NO/c1-4-10-19-17(16-9-11-20-18(16)5-2)13-15-8-6-7-14(3)12-15/h6-9,11-12,17,19H,4-5,10,13H2,1-3H3. The summed E-state index contributed by atoms with van der Waals surface area (Å²) in [4.78, 5) is 0. The van der Waals surface area contributed by atoms with Gasteiger partial charge in [-0.15, -0.1) is 0 Å². The zero-order valence-electron chi connectivity index (χ0n) is 12.8. The Morgan fingerprint density at radius 3 is 2.75 bits per heavy atom. The van der Waals surface area contributed by atoms with Crippen LogP contribution in [0.15, 0.2) is 41.0 Å². The van der Waals surface area contributed by atoms with Crippen LogP contribution in [-0.4, -0.2) is 6.54 Å². The van der Waals surface area contributed by atoms with Crippen molar-refractivity contribution >= 4 is 0 Å². The van der Waals surface area contributed by atoms with Gasteiger partial charge in [0.15, 0.2) is 0 Å². The summed E-state index contributed by atoms with van der Waals surface area (Å²) < 4.78 is 5.60. The van der Waals surface area contributed by atoms with Gasteiger partial charge in [0, 0.05) is 18.0 Å². The van der Waals surface area contributed by atoms with E-state index >= 15 is 0 Å². The highest BCUT2D eigenvalue weighted by Gasteiger charge is 2.17. The van der Waals surface area contributed by atoms with Crippen LogP contribution in [-0.2, 0) is 12.8 Å². The fourth-order valence-corrected chi connectivity index (χ4v) is 2.63. The first-order valence-corrected chi connectivity index (χ1v) is 7.59. The first kappa shape index (κ1) is 14.9. The summed E-state index contributed by atoms with van der Waals surface area (Å²) in [5.74, 6) is 1.10. The first-order valence-electron chi connectivity index (χ1n) is 7.59. The van der Waals surface area contributed by atoms with Crippen LogP contribution < -0.4 is 5.32 Å². The molecule has 0 saturated carbocycles. The molecule has 0 bridgehead atoms. The van der Waals surface area contributed by atoms with Crippen LogP contribution in [0, 0.1) is 6.92 Å². The van der Waals surface area contributed by atoms with Crippen molar-refractivity contribution < 1.29 is 4.42 Å². The monoisotopic (exact) mass is 271 g/mol. The number of rotatable bonds is 7. The molecule has 0 radical (unpaired) electrons. The molecule has 1 unspecified atom stereocenters. The molecule has 20 heavy (non-hydrogen) atoms. The number of benzene rings is 1. The molecule has 1 aromatic carbocycles. The average molecular weight is 271 g/mol. The molecule has 0 spiro atoms. The normalized spacial score (nSPS) is 12.6. The zero-order chi connectivity index (χ0) is 14.4. The van der Waals surface area contributed by atoms with Gasteiger partial charge in [-0.3, -0.25) is 0 Å². The molecule has 0 aliphatic rings. The topological polar surface area (TPSA) is 25.2 Å². The molecule has 0 aliphatic carbocycles. The van der Waals surface area contributed by atoms with E-state index in [-0.39, 0.29) is 0 Å². The van der Waals surface area contributed by atoms with Gasteiger partial charge in [0.2, 0.25) is 0 Å². The molecule has 0 fully saturated rings. The van der Waals surface area contributed by atoms with Crippen molar-refractivity contribution in [2.45, 2.75) is 46.1 Å². The Balaban J connectivity index is 2.19. The number of hydrogen-bond donors (Lipinski definition) is 1. The molecule has 0 amide bonds. The molecule has 0 aliphatic heterocycles. The summed E-state index contributed by atoms with van der Waals surface area (Å²) in [5.41, 5.74) is 4.00. The number of aryl methyl sites for hydroxylation is 2. The van der Waals surface area contributed by atoms with E-state index in [9.17, 15) is 0 Å². The summed E-state index contributed by atoms with van der Waals surface area (Å²) in [6.45, 7) is 7.52. The van der Waals surface area contributed by atoms with Crippen molar-refractivity contribution in [1.29, 1.82) is 0 Å². The SMILES string of the molecule is CCCNC(Cc1cccc(C)c1)c1ccoc1CC. The molecular weight excluding hydrogens is 246 g/mol. The van der Waals surface area contributed by atoms with Gasteiger partial charge < -0.3 is 9.73 Å². The molecule has 0 saturated heterocycles. The lowest BCUT2D eigenvalue weighted by molar-refractivity contribution is 0.481. The van der Waals surface area contributed by atoms with E-state index in [2.05, 4.69) is 56.4 Å². The lowest BCUT2D eigenvalue weighted by Crippen LogP contribution is -2.24. The van der Waals surface area contributed by atoms with Gasteiger partial charge in [-0.1, -0.05) is 43.7 Å². The van der Waals surface area contributed by atoms with E-state index in [4.69, 9.17) is 4.42 Å². The molecule has 2 rings (SSSR count). The summed E-state index contributed by atoms with van der Waals surface area (Å²) in [5, 5.41) is 3.65. The fourth-order valence-electron chi connectivity index (χ4n) is 2.63. The minimum atomic E-state index is 0.338. The third-order valence-electron chi connectivity index (χ3n) is 3.64. The van der Waals surface area contributed by atoms with Crippen molar-refractivity contribution in [1.82, 2.24) is 5.32 Å². The second-order valence-electron chi connectivity index (χ2n) is 5.35. The predicted octanol–water partition coefficient (Wildman–Crippen LogP) is 4.43. The van der Waals surface area contributed by atoms with E-state index in [1.54, 1.807) is 0 Å². The van der Waals surface area contributed by atoms with Crippen LogP contribution in [0.4, 0.5) is 0 Å². The molecule has 108 valence electrons. The Morgan fingerprint density at radius 2 is 2.05 bits per heavy atom. The van der Waals surface area contributed by atoms with Gasteiger partial charge in [0.25, 0.3) is 0 Å². The van der Waals surface area contributed by atoms with Crippen LogP contribution in [0.2, 0.25) is 0 Å². The van der Waals surface area contributed by atoms with Crippen LogP contribution in [0.1, 0.15) is 48.8 Å². The van der Waals surface area contributed by atoms with Gasteiger partial charge >= 0.3 is 0 Å². The summed E-state index contributed by atoms with van der Waals surface area (Å²) in [7, 11) is 0. The highest BCUT2D eigenvalue weighted by Crippen LogP contribution is 2.24.